The number of hydrogen-bond donors (Lipinski definition) is 3. The van der Waals surface area contributed by atoms with Gasteiger partial charge >= 0.3 is 6.03 Å². The second-order valence-electron chi connectivity index (χ2n) is 5.81. The summed E-state index contributed by atoms with van der Waals surface area (Å²) in [4.78, 5) is 11.1. The Hall–Kier alpha value is -1.44. The number of rotatable bonds is 2. The molecule has 5 N–H and O–H groups in total. The quantitative estimate of drug-likeness (QED) is 0.762. The predicted molar refractivity (Wildman–Crippen MR) is 89.7 cm³/mol. The van der Waals surface area contributed by atoms with Crippen LogP contribution < -0.4 is 16.2 Å². The van der Waals surface area contributed by atoms with Crippen LogP contribution in [0.25, 0.3) is 0 Å². The normalized spacial score (nSPS) is 16.5. The third-order valence-electron chi connectivity index (χ3n) is 4.08. The summed E-state index contributed by atoms with van der Waals surface area (Å²) in [5, 5.41) is 7.68. The molecule has 2 aliphatic carbocycles. The van der Waals surface area contributed by atoms with Crippen LogP contribution >= 0.6 is 0 Å². The molecule has 0 saturated heterocycles. The maximum atomic E-state index is 11.1. The summed E-state index contributed by atoms with van der Waals surface area (Å²) in [6.07, 6.45) is 6.86. The molecule has 7 heteroatoms. The van der Waals surface area contributed by atoms with Crippen molar-refractivity contribution in [2.45, 2.75) is 38.5 Å². The number of urea groups is 1. The first-order chi connectivity index (χ1) is 10.4. The number of anilines is 1. The van der Waals surface area contributed by atoms with Gasteiger partial charge in [-0.3, -0.25) is 0 Å². The van der Waals surface area contributed by atoms with E-state index in [-0.39, 0.29) is 0 Å². The Balaban J connectivity index is 0.000000254. The van der Waals surface area contributed by atoms with Crippen molar-refractivity contribution in [2.75, 3.05) is 19.4 Å². The summed E-state index contributed by atoms with van der Waals surface area (Å²) in [7, 11) is 3.30. The summed E-state index contributed by atoms with van der Waals surface area (Å²) in [5.74, 6) is 0. The van der Waals surface area contributed by atoms with E-state index in [1.165, 1.54) is 39.4 Å². The molecule has 0 fully saturated rings. The van der Waals surface area contributed by atoms with E-state index in [1.807, 2.05) is 0 Å². The highest BCUT2D eigenvalue weighted by Crippen LogP contribution is 2.38. The highest BCUT2D eigenvalue weighted by molar-refractivity contribution is 7.80. The number of carbonyl (C=O) groups excluding carboxylic acids is 1. The minimum atomic E-state index is -1.28. The van der Waals surface area contributed by atoms with Crippen LogP contribution in [0.5, 0.6) is 0 Å². The molecule has 2 amide bonds. The average Bonchev–Trinajstić information content (AvgIpc) is 3.06. The SMILES string of the molecule is CN(C)S(N)=O.NC(=O)Nc1c2c(cc3c1CCC3)CCC2. The summed E-state index contributed by atoms with van der Waals surface area (Å²) >= 11 is -1.28. The van der Waals surface area contributed by atoms with Crippen molar-refractivity contribution in [1.29, 1.82) is 0 Å². The average molecular weight is 324 g/mol. The van der Waals surface area contributed by atoms with Crippen LogP contribution in [-0.4, -0.2) is 28.6 Å². The van der Waals surface area contributed by atoms with E-state index in [1.54, 1.807) is 14.1 Å². The van der Waals surface area contributed by atoms with E-state index in [0.29, 0.717) is 0 Å². The van der Waals surface area contributed by atoms with Crippen LogP contribution in [0, 0.1) is 0 Å². The Morgan fingerprint density at radius 2 is 1.59 bits per heavy atom. The summed E-state index contributed by atoms with van der Waals surface area (Å²) in [6.45, 7) is 0. The second-order valence-corrected chi connectivity index (χ2v) is 7.09. The molecule has 1 atom stereocenters. The van der Waals surface area contributed by atoms with Crippen LogP contribution in [0.15, 0.2) is 6.07 Å². The smallest absolute Gasteiger partial charge is 0.316 e. The van der Waals surface area contributed by atoms with Gasteiger partial charge in [-0.25, -0.2) is 18.4 Å². The second kappa shape index (κ2) is 7.21. The van der Waals surface area contributed by atoms with Crippen molar-refractivity contribution in [2.24, 2.45) is 10.9 Å². The number of amides is 2. The Bertz CT molecular complexity index is 569. The van der Waals surface area contributed by atoms with E-state index in [4.69, 9.17) is 10.9 Å². The molecular formula is C15H24N4O2S. The molecule has 0 bridgehead atoms. The van der Waals surface area contributed by atoms with Crippen LogP contribution in [-0.2, 0) is 36.9 Å². The number of aryl methyl sites for hydroxylation is 2. The van der Waals surface area contributed by atoms with Crippen LogP contribution in [0.4, 0.5) is 10.5 Å². The van der Waals surface area contributed by atoms with Gasteiger partial charge in [-0.1, -0.05) is 6.07 Å². The van der Waals surface area contributed by atoms with E-state index in [2.05, 4.69) is 11.4 Å². The predicted octanol–water partition coefficient (Wildman–Crippen LogP) is 1.24. The number of nitrogens with zero attached hydrogens (tertiary/aromatic N) is 1. The zero-order valence-corrected chi connectivity index (χ0v) is 14.0. The molecule has 6 nitrogen and oxygen atoms in total. The minimum absolute atomic E-state index is 0.436. The van der Waals surface area contributed by atoms with Gasteiger partial charge in [-0.05, 0) is 60.8 Å². The fraction of sp³-hybridized carbons (Fsp3) is 0.533. The molecule has 0 aliphatic heterocycles. The molecular weight excluding hydrogens is 300 g/mol. The van der Waals surface area contributed by atoms with Gasteiger partial charge in [0.1, 0.15) is 0 Å². The van der Waals surface area contributed by atoms with Gasteiger partial charge in [-0.15, -0.1) is 0 Å². The number of fused-ring (bicyclic) bond motifs is 2. The van der Waals surface area contributed by atoms with Crippen LogP contribution in [0.1, 0.15) is 35.1 Å². The lowest BCUT2D eigenvalue weighted by molar-refractivity contribution is 0.259. The summed E-state index contributed by atoms with van der Waals surface area (Å²) in [5.41, 5.74) is 11.8. The van der Waals surface area contributed by atoms with E-state index >= 15 is 0 Å². The number of primary amides is 1. The monoisotopic (exact) mass is 324 g/mol. The van der Waals surface area contributed by atoms with E-state index in [9.17, 15) is 9.00 Å². The number of benzene rings is 1. The molecule has 0 heterocycles. The Kier molecular flexibility index (Phi) is 5.55. The largest absolute Gasteiger partial charge is 0.351 e. The highest BCUT2D eigenvalue weighted by Gasteiger charge is 2.24. The zero-order chi connectivity index (χ0) is 16.3. The molecule has 2 aliphatic rings. The molecule has 22 heavy (non-hydrogen) atoms. The van der Waals surface area contributed by atoms with E-state index in [0.717, 1.165) is 31.4 Å². The molecule has 1 aromatic rings. The van der Waals surface area contributed by atoms with Gasteiger partial charge in [0.2, 0.25) is 0 Å². The van der Waals surface area contributed by atoms with Crippen LogP contribution in [0.3, 0.4) is 0 Å². The minimum Gasteiger partial charge on any atom is -0.351 e. The van der Waals surface area contributed by atoms with Crippen LogP contribution in [0.2, 0.25) is 0 Å². The number of nitrogens with one attached hydrogen (secondary N) is 1. The van der Waals surface area contributed by atoms with Crippen molar-refractivity contribution < 1.29 is 9.00 Å². The molecule has 122 valence electrons. The fourth-order valence-corrected chi connectivity index (χ4v) is 3.09. The Morgan fingerprint density at radius 3 is 1.95 bits per heavy atom. The summed E-state index contributed by atoms with van der Waals surface area (Å²) < 4.78 is 11.4. The summed E-state index contributed by atoms with van der Waals surface area (Å²) in [6, 6.07) is 1.91. The Labute approximate surface area is 134 Å². The molecule has 0 aromatic heterocycles. The van der Waals surface area contributed by atoms with Gasteiger partial charge in [0.15, 0.2) is 11.2 Å². The first-order valence-corrected chi connectivity index (χ1v) is 8.63. The molecule has 0 saturated carbocycles. The number of nitrogens with two attached hydrogens (primary N) is 2. The lowest BCUT2D eigenvalue weighted by Gasteiger charge is -2.14. The molecule has 3 rings (SSSR count). The molecule has 1 aromatic carbocycles. The molecule has 1 unspecified atom stereocenters. The van der Waals surface area contributed by atoms with Crippen molar-refractivity contribution >= 4 is 22.9 Å². The van der Waals surface area contributed by atoms with Gasteiger partial charge in [-0.2, -0.15) is 0 Å². The third-order valence-corrected chi connectivity index (χ3v) is 4.80. The highest BCUT2D eigenvalue weighted by atomic mass is 32.2. The van der Waals surface area contributed by atoms with Gasteiger partial charge in [0.25, 0.3) is 0 Å². The zero-order valence-electron chi connectivity index (χ0n) is 13.1. The van der Waals surface area contributed by atoms with Gasteiger partial charge in [0.05, 0.1) is 0 Å². The lowest BCUT2D eigenvalue weighted by Crippen LogP contribution is -2.21. The van der Waals surface area contributed by atoms with E-state index < -0.39 is 17.2 Å². The number of carbonyl (C=O) groups is 1. The standard InChI is InChI=1S/C13H16N2O.C2H8N2OS/c14-13(16)15-12-10-5-1-3-8(10)7-9-4-2-6-11(9)12;1-4(2)6(3)5/h7H,1-6H2,(H3,14,15,16);3H2,1-2H3. The molecule has 0 radical (unpaired) electrons. The lowest BCUT2D eigenvalue weighted by atomic mass is 9.99. The first-order valence-electron chi connectivity index (χ1n) is 7.46. The topological polar surface area (TPSA) is 101 Å². The van der Waals surface area contributed by atoms with Gasteiger partial charge in [0, 0.05) is 19.8 Å². The number of hydrogen-bond acceptors (Lipinski definition) is 2. The van der Waals surface area contributed by atoms with Crippen molar-refractivity contribution in [3.05, 3.63) is 28.3 Å². The maximum Gasteiger partial charge on any atom is 0.316 e. The molecule has 0 spiro atoms. The van der Waals surface area contributed by atoms with Crippen molar-refractivity contribution in [3.8, 4) is 0 Å². The van der Waals surface area contributed by atoms with Crippen molar-refractivity contribution in [3.63, 3.8) is 0 Å². The van der Waals surface area contributed by atoms with Gasteiger partial charge < -0.3 is 11.1 Å². The first kappa shape index (κ1) is 16.9. The van der Waals surface area contributed by atoms with Crippen molar-refractivity contribution in [1.82, 2.24) is 4.31 Å². The maximum absolute atomic E-state index is 11.1. The Morgan fingerprint density at radius 1 is 1.14 bits per heavy atom. The fourth-order valence-electron chi connectivity index (χ4n) is 3.09. The third kappa shape index (κ3) is 3.85.